The van der Waals surface area contributed by atoms with Gasteiger partial charge in [0.1, 0.15) is 5.75 Å². The van der Waals surface area contributed by atoms with Crippen molar-refractivity contribution in [3.63, 3.8) is 0 Å². The molecule has 2 aromatic carbocycles. The van der Waals surface area contributed by atoms with E-state index in [1.807, 2.05) is 36.4 Å². The van der Waals surface area contributed by atoms with Crippen molar-refractivity contribution in [1.82, 2.24) is 0 Å². The van der Waals surface area contributed by atoms with E-state index in [2.05, 4.69) is 15.9 Å². The van der Waals surface area contributed by atoms with Gasteiger partial charge >= 0.3 is 5.97 Å². The van der Waals surface area contributed by atoms with E-state index in [1.54, 1.807) is 18.2 Å². The number of carbonyl (C=O) groups is 2. The smallest absolute Gasteiger partial charge is 0.306 e. The first-order valence-corrected chi connectivity index (χ1v) is 9.94. The summed E-state index contributed by atoms with van der Waals surface area (Å²) in [6.07, 6.45) is 1.72. The molecule has 0 spiro atoms. The lowest BCUT2D eigenvalue weighted by Crippen LogP contribution is -2.27. The maximum atomic E-state index is 12.7. The van der Waals surface area contributed by atoms with Crippen LogP contribution in [0.4, 0.5) is 5.69 Å². The van der Waals surface area contributed by atoms with Gasteiger partial charge in [0.05, 0.1) is 23.6 Å². The third-order valence-electron chi connectivity index (χ3n) is 3.64. The number of nitrogens with zero attached hydrogens (tertiary/aromatic N) is 1. The number of hydrogen-bond donors (Lipinski definition) is 1. The van der Waals surface area contributed by atoms with Gasteiger partial charge in [0.2, 0.25) is 0 Å². The van der Waals surface area contributed by atoms with Crippen molar-refractivity contribution in [2.45, 2.75) is 6.42 Å². The van der Waals surface area contributed by atoms with Crippen LogP contribution >= 0.6 is 39.9 Å². The molecule has 1 fully saturated rings. The Bertz CT molecular complexity index is 910. The average Bonchev–Trinajstić information content (AvgIpc) is 2.91. The standard InChI is InChI=1S/C19H14BrNO4S2/c20-13-3-5-14(6-4-13)21-18(24)16(27-19(21)26)11-12-1-7-15(8-2-12)25-10-9-17(22)23/h1-8,11H,9-10H2,(H,22,23)/b16-11+. The molecule has 138 valence electrons. The van der Waals surface area contributed by atoms with E-state index in [9.17, 15) is 9.59 Å². The van der Waals surface area contributed by atoms with Crippen LogP contribution in [0.3, 0.4) is 0 Å². The van der Waals surface area contributed by atoms with E-state index in [0.717, 1.165) is 15.7 Å². The van der Waals surface area contributed by atoms with Crippen LogP contribution in [-0.2, 0) is 9.59 Å². The molecule has 3 rings (SSSR count). The molecule has 1 aliphatic rings. The minimum absolute atomic E-state index is 0.0553. The number of thiocarbonyl (C=S) groups is 1. The molecular formula is C19H14BrNO4S2. The number of thioether (sulfide) groups is 1. The highest BCUT2D eigenvalue weighted by molar-refractivity contribution is 9.10. The number of amides is 1. The zero-order valence-electron chi connectivity index (χ0n) is 13.9. The van der Waals surface area contributed by atoms with Crippen LogP contribution in [0.2, 0.25) is 0 Å². The summed E-state index contributed by atoms with van der Waals surface area (Å²) in [6, 6.07) is 14.5. The number of ether oxygens (including phenoxy) is 1. The van der Waals surface area contributed by atoms with Crippen molar-refractivity contribution in [3.8, 4) is 5.75 Å². The summed E-state index contributed by atoms with van der Waals surface area (Å²) in [7, 11) is 0. The van der Waals surface area contributed by atoms with Gasteiger partial charge in [-0.15, -0.1) is 0 Å². The molecule has 0 atom stereocenters. The predicted octanol–water partition coefficient (Wildman–Crippen LogP) is 4.71. The normalized spacial score (nSPS) is 15.4. The molecule has 2 aromatic rings. The van der Waals surface area contributed by atoms with Crippen molar-refractivity contribution < 1.29 is 19.4 Å². The Hall–Kier alpha value is -2.16. The Balaban J connectivity index is 1.71. The van der Waals surface area contributed by atoms with Gasteiger partial charge in [0.15, 0.2) is 4.32 Å². The van der Waals surface area contributed by atoms with Gasteiger partial charge in [-0.3, -0.25) is 14.5 Å². The highest BCUT2D eigenvalue weighted by Gasteiger charge is 2.33. The molecule has 1 N–H and O–H groups in total. The second kappa shape index (κ2) is 8.69. The maximum Gasteiger partial charge on any atom is 0.306 e. The summed E-state index contributed by atoms with van der Waals surface area (Å²) in [5.41, 5.74) is 1.56. The van der Waals surface area contributed by atoms with Crippen LogP contribution in [0.1, 0.15) is 12.0 Å². The van der Waals surface area contributed by atoms with E-state index in [-0.39, 0.29) is 18.9 Å². The monoisotopic (exact) mass is 463 g/mol. The van der Waals surface area contributed by atoms with Crippen LogP contribution in [0.5, 0.6) is 5.75 Å². The summed E-state index contributed by atoms with van der Waals surface area (Å²) in [5, 5.41) is 8.62. The van der Waals surface area contributed by atoms with Crippen molar-refractivity contribution in [1.29, 1.82) is 0 Å². The van der Waals surface area contributed by atoms with Crippen molar-refractivity contribution in [2.75, 3.05) is 11.5 Å². The van der Waals surface area contributed by atoms with Gasteiger partial charge in [-0.1, -0.05) is 52.0 Å². The Labute approximate surface area is 174 Å². The Morgan fingerprint density at radius 3 is 2.48 bits per heavy atom. The molecule has 0 bridgehead atoms. The fraction of sp³-hybridized carbons (Fsp3) is 0.105. The van der Waals surface area contributed by atoms with Crippen LogP contribution in [0.25, 0.3) is 6.08 Å². The SMILES string of the molecule is O=C(O)CCOc1ccc(/C=C2/SC(=S)N(c3ccc(Br)cc3)C2=O)cc1. The van der Waals surface area contributed by atoms with Crippen LogP contribution in [0.15, 0.2) is 57.9 Å². The topological polar surface area (TPSA) is 66.8 Å². The summed E-state index contributed by atoms with van der Waals surface area (Å²) in [6.45, 7) is 0.112. The van der Waals surface area contributed by atoms with Gasteiger partial charge in [-0.2, -0.15) is 0 Å². The van der Waals surface area contributed by atoms with Crippen LogP contribution < -0.4 is 9.64 Å². The highest BCUT2D eigenvalue weighted by atomic mass is 79.9. The predicted molar refractivity (Wildman–Crippen MR) is 114 cm³/mol. The number of aliphatic carboxylic acids is 1. The zero-order chi connectivity index (χ0) is 19.4. The molecule has 1 aliphatic heterocycles. The molecule has 0 saturated carbocycles. The molecule has 0 aromatic heterocycles. The fourth-order valence-corrected chi connectivity index (χ4v) is 3.91. The van der Waals surface area contributed by atoms with Crippen molar-refractivity contribution in [3.05, 3.63) is 63.5 Å². The highest BCUT2D eigenvalue weighted by Crippen LogP contribution is 2.36. The van der Waals surface area contributed by atoms with Gasteiger partial charge in [-0.25, -0.2) is 0 Å². The minimum atomic E-state index is -0.903. The number of anilines is 1. The number of carboxylic acids is 1. The lowest BCUT2D eigenvalue weighted by Gasteiger charge is -2.14. The summed E-state index contributed by atoms with van der Waals surface area (Å²) in [4.78, 5) is 25.3. The molecule has 8 heteroatoms. The first-order chi connectivity index (χ1) is 12.9. The first-order valence-electron chi connectivity index (χ1n) is 7.92. The first kappa shape index (κ1) is 19.6. The van der Waals surface area contributed by atoms with E-state index >= 15 is 0 Å². The summed E-state index contributed by atoms with van der Waals surface area (Å²) in [5.74, 6) is -0.482. The van der Waals surface area contributed by atoms with E-state index in [4.69, 9.17) is 22.1 Å². The van der Waals surface area contributed by atoms with Crippen molar-refractivity contribution in [2.24, 2.45) is 0 Å². The quantitative estimate of drug-likeness (QED) is 0.494. The number of benzene rings is 2. The number of carboxylic acid groups (broad SMARTS) is 1. The van der Waals surface area contributed by atoms with Gasteiger partial charge < -0.3 is 9.84 Å². The number of halogens is 1. The molecule has 5 nitrogen and oxygen atoms in total. The Morgan fingerprint density at radius 1 is 1.19 bits per heavy atom. The number of hydrogen-bond acceptors (Lipinski definition) is 5. The molecule has 1 heterocycles. The zero-order valence-corrected chi connectivity index (χ0v) is 17.1. The van der Waals surface area contributed by atoms with Crippen LogP contribution in [0, 0.1) is 0 Å². The largest absolute Gasteiger partial charge is 0.493 e. The minimum Gasteiger partial charge on any atom is -0.493 e. The second-order valence-corrected chi connectivity index (χ2v) is 8.15. The molecule has 0 radical (unpaired) electrons. The molecular weight excluding hydrogens is 450 g/mol. The molecule has 27 heavy (non-hydrogen) atoms. The van der Waals surface area contributed by atoms with Gasteiger partial charge in [0.25, 0.3) is 5.91 Å². The Kier molecular flexibility index (Phi) is 6.30. The van der Waals surface area contributed by atoms with Gasteiger partial charge in [-0.05, 0) is 48.0 Å². The third-order valence-corrected chi connectivity index (χ3v) is 5.47. The maximum absolute atomic E-state index is 12.7. The Morgan fingerprint density at radius 2 is 1.85 bits per heavy atom. The van der Waals surface area contributed by atoms with E-state index < -0.39 is 5.97 Å². The molecule has 0 unspecified atom stereocenters. The second-order valence-electron chi connectivity index (χ2n) is 5.55. The lowest BCUT2D eigenvalue weighted by atomic mass is 10.2. The van der Waals surface area contributed by atoms with Crippen LogP contribution in [-0.4, -0.2) is 27.9 Å². The van der Waals surface area contributed by atoms with E-state index in [1.165, 1.54) is 16.7 Å². The molecule has 1 saturated heterocycles. The average molecular weight is 464 g/mol. The fourth-order valence-electron chi connectivity index (χ4n) is 2.35. The van der Waals surface area contributed by atoms with Gasteiger partial charge in [0, 0.05) is 4.47 Å². The van der Waals surface area contributed by atoms with E-state index in [0.29, 0.717) is 15.0 Å². The molecule has 1 amide bonds. The van der Waals surface area contributed by atoms with Crippen molar-refractivity contribution >= 4 is 67.9 Å². The number of carbonyl (C=O) groups excluding carboxylic acids is 1. The number of rotatable bonds is 6. The summed E-state index contributed by atoms with van der Waals surface area (Å²) < 4.78 is 6.77. The third kappa shape index (κ3) is 4.97. The summed E-state index contributed by atoms with van der Waals surface area (Å²) >= 11 is 10.00. The lowest BCUT2D eigenvalue weighted by molar-refractivity contribution is -0.137. The molecule has 0 aliphatic carbocycles.